The van der Waals surface area contributed by atoms with Crippen LogP contribution in [0.5, 0.6) is 0 Å². The summed E-state index contributed by atoms with van der Waals surface area (Å²) < 4.78 is 16.3. The van der Waals surface area contributed by atoms with E-state index in [4.69, 9.17) is 16.6 Å². The summed E-state index contributed by atoms with van der Waals surface area (Å²) >= 11 is 7.66. The topological polar surface area (TPSA) is 120 Å². The number of halogens is 2. The van der Waals surface area contributed by atoms with Gasteiger partial charge in [-0.25, -0.2) is 14.2 Å². The van der Waals surface area contributed by atoms with Crippen LogP contribution < -0.4 is 16.0 Å². The number of carbonyl (C=O) groups excluding carboxylic acids is 4. The van der Waals surface area contributed by atoms with E-state index in [1.807, 2.05) is 19.1 Å². The van der Waals surface area contributed by atoms with Gasteiger partial charge in [-0.3, -0.25) is 19.7 Å². The Balaban J connectivity index is 1.32. The first-order chi connectivity index (χ1) is 18.0. The van der Waals surface area contributed by atoms with Crippen molar-refractivity contribution in [2.24, 2.45) is 0 Å². The first kappa shape index (κ1) is 26.1. The van der Waals surface area contributed by atoms with Crippen molar-refractivity contribution < 1.29 is 23.6 Å². The van der Waals surface area contributed by atoms with E-state index in [2.05, 4.69) is 16.0 Å². The number of rotatable bonds is 5. The molecular formula is C26H25ClFN5O4S. The fourth-order valence-electron chi connectivity index (χ4n) is 4.79. The van der Waals surface area contributed by atoms with Crippen LogP contribution in [-0.2, 0) is 28.1 Å². The maximum Gasteiger partial charge on any atom is 0.320 e. The van der Waals surface area contributed by atoms with Gasteiger partial charge in [0, 0.05) is 22.6 Å². The molecule has 9 nitrogen and oxygen atoms in total. The number of nitrogens with one attached hydrogen (secondary N) is 3. The minimum absolute atomic E-state index is 0.0897. The lowest BCUT2D eigenvalue weighted by Gasteiger charge is -2.29. The van der Waals surface area contributed by atoms with Gasteiger partial charge in [0.25, 0.3) is 5.91 Å². The van der Waals surface area contributed by atoms with Crippen LogP contribution in [0.4, 0.5) is 14.9 Å². The van der Waals surface area contributed by atoms with Gasteiger partial charge < -0.3 is 15.5 Å². The van der Waals surface area contributed by atoms with Crippen LogP contribution >= 0.6 is 22.9 Å². The number of piperidine rings is 1. The SMILES string of the molecule is CCc1cc(Cl)cc2sc(C(C)(C)NC(=O)Nc3ccc4c(c3F)CN(C3CCC(=O)NC3=O)C4=O)nc12. The van der Waals surface area contributed by atoms with Gasteiger partial charge in [-0.15, -0.1) is 11.3 Å². The molecule has 198 valence electrons. The highest BCUT2D eigenvalue weighted by Crippen LogP contribution is 2.35. The van der Waals surface area contributed by atoms with Gasteiger partial charge in [-0.1, -0.05) is 18.5 Å². The van der Waals surface area contributed by atoms with Crippen molar-refractivity contribution in [2.75, 3.05) is 5.32 Å². The van der Waals surface area contributed by atoms with Crippen LogP contribution in [0.15, 0.2) is 24.3 Å². The number of aryl methyl sites for hydroxylation is 1. The van der Waals surface area contributed by atoms with E-state index in [0.29, 0.717) is 10.0 Å². The standard InChI is InChI=1S/C26H25ClFN5O4S/c1-4-12-9-13(27)10-18-21(12)31-24(38-18)26(2,3)32-25(37)29-16-6-5-14-15(20(16)28)11-33(23(14)36)17-7-8-19(34)30-22(17)35/h5-6,9-10,17H,4,7-8,11H2,1-3H3,(H2,29,32,37)(H,30,34,35). The number of hydrogen-bond donors (Lipinski definition) is 3. The number of nitrogens with zero attached hydrogens (tertiary/aromatic N) is 2. The second-order valence-corrected chi connectivity index (χ2v) is 11.3. The average molecular weight is 558 g/mol. The molecule has 0 spiro atoms. The van der Waals surface area contributed by atoms with Crippen molar-refractivity contribution in [3.63, 3.8) is 0 Å². The third-order valence-corrected chi connectivity index (χ3v) is 8.32. The van der Waals surface area contributed by atoms with Crippen LogP contribution in [0.3, 0.4) is 0 Å². The molecule has 1 atom stereocenters. The summed E-state index contributed by atoms with van der Waals surface area (Å²) in [7, 11) is 0. The number of aromatic nitrogens is 1. The van der Waals surface area contributed by atoms with E-state index >= 15 is 4.39 Å². The summed E-state index contributed by atoms with van der Waals surface area (Å²) in [6.07, 6.45) is 1.03. The molecule has 0 saturated carbocycles. The van der Waals surface area contributed by atoms with Gasteiger partial charge in [-0.05, 0) is 56.5 Å². The zero-order valence-electron chi connectivity index (χ0n) is 20.9. The van der Waals surface area contributed by atoms with Crippen LogP contribution in [0.1, 0.15) is 60.1 Å². The monoisotopic (exact) mass is 557 g/mol. The molecule has 5 amide bonds. The molecule has 3 N–H and O–H groups in total. The van der Waals surface area contributed by atoms with Gasteiger partial charge in [0.05, 0.1) is 28.0 Å². The zero-order valence-corrected chi connectivity index (χ0v) is 22.5. The molecule has 2 aromatic carbocycles. The highest BCUT2D eigenvalue weighted by Gasteiger charge is 2.40. The van der Waals surface area contributed by atoms with Crippen molar-refractivity contribution in [3.05, 3.63) is 56.8 Å². The molecule has 2 aliphatic rings. The summed E-state index contributed by atoms with van der Waals surface area (Å²) in [6.45, 7) is 5.48. The number of imide groups is 1. The number of benzene rings is 2. The fourth-order valence-corrected chi connectivity index (χ4v) is 6.21. The fraction of sp³-hybridized carbons (Fsp3) is 0.346. The highest BCUT2D eigenvalue weighted by molar-refractivity contribution is 7.18. The summed E-state index contributed by atoms with van der Waals surface area (Å²) in [4.78, 5) is 55.5. The number of anilines is 1. The molecule has 0 aliphatic carbocycles. The molecule has 38 heavy (non-hydrogen) atoms. The maximum absolute atomic E-state index is 15.4. The van der Waals surface area contributed by atoms with Crippen molar-refractivity contribution in [1.82, 2.24) is 20.5 Å². The lowest BCUT2D eigenvalue weighted by Crippen LogP contribution is -2.52. The van der Waals surface area contributed by atoms with Crippen molar-refractivity contribution >= 4 is 62.6 Å². The molecule has 0 radical (unpaired) electrons. The van der Waals surface area contributed by atoms with Crippen molar-refractivity contribution in [1.29, 1.82) is 0 Å². The molecule has 3 heterocycles. The van der Waals surface area contributed by atoms with Gasteiger partial charge >= 0.3 is 6.03 Å². The zero-order chi connectivity index (χ0) is 27.4. The maximum atomic E-state index is 15.4. The number of thiazole rings is 1. The van der Waals surface area contributed by atoms with E-state index in [9.17, 15) is 19.2 Å². The summed E-state index contributed by atoms with van der Waals surface area (Å²) in [6, 6.07) is 4.96. The summed E-state index contributed by atoms with van der Waals surface area (Å²) in [5.74, 6) is -2.22. The predicted molar refractivity (Wildman–Crippen MR) is 142 cm³/mol. The Labute approximate surface area is 226 Å². The van der Waals surface area contributed by atoms with Gasteiger partial charge in [-0.2, -0.15) is 0 Å². The molecule has 2 aliphatic heterocycles. The van der Waals surface area contributed by atoms with Crippen molar-refractivity contribution in [2.45, 2.75) is 58.2 Å². The van der Waals surface area contributed by atoms with Crippen LogP contribution in [0.2, 0.25) is 5.02 Å². The molecular weight excluding hydrogens is 533 g/mol. The Morgan fingerprint density at radius 3 is 2.76 bits per heavy atom. The average Bonchev–Trinajstić information content (AvgIpc) is 3.42. The molecule has 1 fully saturated rings. The van der Waals surface area contributed by atoms with E-state index in [0.717, 1.165) is 22.2 Å². The Morgan fingerprint density at radius 2 is 2.05 bits per heavy atom. The van der Waals surface area contributed by atoms with Gasteiger partial charge in [0.1, 0.15) is 11.0 Å². The number of urea groups is 1. The first-order valence-electron chi connectivity index (χ1n) is 12.1. The number of hydrogen-bond acceptors (Lipinski definition) is 6. The van der Waals surface area contributed by atoms with E-state index in [1.165, 1.54) is 28.4 Å². The number of carbonyl (C=O) groups is 4. The normalized spacial score (nSPS) is 17.6. The molecule has 3 aromatic rings. The quantitative estimate of drug-likeness (QED) is 0.400. The molecule has 0 bridgehead atoms. The molecule has 5 rings (SSSR count). The minimum Gasteiger partial charge on any atom is -0.326 e. The van der Waals surface area contributed by atoms with Crippen LogP contribution in [0, 0.1) is 5.82 Å². The van der Waals surface area contributed by atoms with Crippen LogP contribution in [-0.4, -0.2) is 39.7 Å². The lowest BCUT2D eigenvalue weighted by atomic mass is 10.0. The second-order valence-electron chi connectivity index (χ2n) is 9.84. The van der Waals surface area contributed by atoms with E-state index in [1.54, 1.807) is 13.8 Å². The molecule has 12 heteroatoms. The third-order valence-electron chi connectivity index (χ3n) is 6.78. The van der Waals surface area contributed by atoms with Gasteiger partial charge in [0.2, 0.25) is 11.8 Å². The van der Waals surface area contributed by atoms with E-state index < -0.39 is 41.2 Å². The summed E-state index contributed by atoms with van der Waals surface area (Å²) in [5, 5.41) is 8.88. The smallest absolute Gasteiger partial charge is 0.320 e. The lowest BCUT2D eigenvalue weighted by molar-refractivity contribution is -0.136. The first-order valence-corrected chi connectivity index (χ1v) is 13.3. The largest absolute Gasteiger partial charge is 0.326 e. The third kappa shape index (κ3) is 4.60. The van der Waals surface area contributed by atoms with Crippen LogP contribution in [0.25, 0.3) is 10.2 Å². The Morgan fingerprint density at radius 1 is 1.29 bits per heavy atom. The Bertz CT molecular complexity index is 1520. The summed E-state index contributed by atoms with van der Waals surface area (Å²) in [5.41, 5.74) is 1.08. The molecule has 1 saturated heterocycles. The van der Waals surface area contributed by atoms with E-state index in [-0.39, 0.29) is 36.2 Å². The van der Waals surface area contributed by atoms with Crippen molar-refractivity contribution in [3.8, 4) is 0 Å². The Hall–Kier alpha value is -3.57. The number of fused-ring (bicyclic) bond motifs is 2. The Kier molecular flexibility index (Phi) is 6.60. The predicted octanol–water partition coefficient (Wildman–Crippen LogP) is 4.47. The molecule has 1 aromatic heterocycles. The highest BCUT2D eigenvalue weighted by atomic mass is 35.5. The molecule has 1 unspecified atom stereocenters. The minimum atomic E-state index is -0.878. The van der Waals surface area contributed by atoms with Gasteiger partial charge in [0.15, 0.2) is 5.82 Å². The second kappa shape index (κ2) is 9.63. The number of amides is 5.